The third kappa shape index (κ3) is 4.29. The lowest BCUT2D eigenvalue weighted by Gasteiger charge is -2.18. The summed E-state index contributed by atoms with van der Waals surface area (Å²) in [4.78, 5) is 17.5. The minimum absolute atomic E-state index is 0.149. The summed E-state index contributed by atoms with van der Waals surface area (Å²) in [5, 5.41) is 16.2. The van der Waals surface area contributed by atoms with Crippen LogP contribution in [-0.2, 0) is 25.9 Å². The van der Waals surface area contributed by atoms with Gasteiger partial charge in [-0.15, -0.1) is 0 Å². The highest BCUT2D eigenvalue weighted by Crippen LogP contribution is 2.39. The fraction of sp³-hybridized carbons (Fsp3) is 0.222. The van der Waals surface area contributed by atoms with Crippen molar-refractivity contribution in [3.63, 3.8) is 0 Å². The number of aromatic amines is 1. The number of pyridine rings is 1. The summed E-state index contributed by atoms with van der Waals surface area (Å²) in [6, 6.07) is 10.4. The number of nitrogens with one attached hydrogen (secondary N) is 4. The number of ether oxygens (including phenoxy) is 1. The Hall–Kier alpha value is -4.24. The maximum absolute atomic E-state index is 14.6. The molecule has 2 aliphatic heterocycles. The maximum Gasteiger partial charge on any atom is 0.255 e. The third-order valence-electron chi connectivity index (χ3n) is 6.63. The Morgan fingerprint density at radius 1 is 1.11 bits per heavy atom. The molecule has 2 aromatic carbocycles. The fourth-order valence-corrected chi connectivity index (χ4v) is 4.72. The fourth-order valence-electron chi connectivity index (χ4n) is 4.72. The number of amides is 1. The second-order valence-corrected chi connectivity index (χ2v) is 8.95. The van der Waals surface area contributed by atoms with Crippen LogP contribution in [0.15, 0.2) is 55.0 Å². The van der Waals surface area contributed by atoms with E-state index >= 15 is 0 Å². The molecule has 0 fully saturated rings. The van der Waals surface area contributed by atoms with Gasteiger partial charge in [0.25, 0.3) is 5.91 Å². The van der Waals surface area contributed by atoms with E-state index in [2.05, 4.69) is 31.1 Å². The molecule has 182 valence electrons. The molecule has 0 saturated carbocycles. The second kappa shape index (κ2) is 9.43. The standard InChI is InChI=1S/C27H25FN6O2/c28-23-4-1-16(9-24(23)34-27(35)18-2-3-19-12-29-7-5-17(19)10-18)11-30-26-21-6-8-36-25(21)22(15-31-26)20-13-32-33-14-20/h1-4,9-10,13-15,29H,5-8,11-12H2,(H,30,31)(H,32,33)(H,34,35). The molecule has 36 heavy (non-hydrogen) atoms. The van der Waals surface area contributed by atoms with Gasteiger partial charge >= 0.3 is 0 Å². The van der Waals surface area contributed by atoms with E-state index in [0.29, 0.717) is 18.7 Å². The molecule has 2 aromatic heterocycles. The van der Waals surface area contributed by atoms with E-state index in [0.717, 1.165) is 65.3 Å². The van der Waals surface area contributed by atoms with Gasteiger partial charge in [-0.05, 0) is 53.9 Å². The molecular weight excluding hydrogens is 459 g/mol. The number of aromatic nitrogens is 3. The van der Waals surface area contributed by atoms with Crippen LogP contribution in [0.4, 0.5) is 15.9 Å². The molecule has 1 amide bonds. The van der Waals surface area contributed by atoms with Gasteiger partial charge in [0.15, 0.2) is 0 Å². The molecular formula is C27H25FN6O2. The number of fused-ring (bicyclic) bond motifs is 2. The smallest absolute Gasteiger partial charge is 0.255 e. The molecule has 6 rings (SSSR count). The van der Waals surface area contributed by atoms with Gasteiger partial charge in [-0.2, -0.15) is 5.10 Å². The first-order chi connectivity index (χ1) is 17.7. The Morgan fingerprint density at radius 3 is 2.94 bits per heavy atom. The van der Waals surface area contributed by atoms with E-state index in [1.165, 1.54) is 11.6 Å². The van der Waals surface area contributed by atoms with E-state index in [1.807, 2.05) is 18.3 Å². The summed E-state index contributed by atoms with van der Waals surface area (Å²) in [5.41, 5.74) is 6.66. The van der Waals surface area contributed by atoms with Gasteiger partial charge in [-0.1, -0.05) is 12.1 Å². The van der Waals surface area contributed by atoms with E-state index in [-0.39, 0.29) is 11.6 Å². The molecule has 0 spiro atoms. The third-order valence-corrected chi connectivity index (χ3v) is 6.63. The first-order valence-electron chi connectivity index (χ1n) is 12.0. The molecule has 4 N–H and O–H groups in total. The molecule has 0 atom stereocenters. The zero-order chi connectivity index (χ0) is 24.5. The summed E-state index contributed by atoms with van der Waals surface area (Å²) in [7, 11) is 0. The summed E-state index contributed by atoms with van der Waals surface area (Å²) in [6.45, 7) is 2.70. The van der Waals surface area contributed by atoms with Crippen LogP contribution >= 0.6 is 0 Å². The number of hydrogen-bond acceptors (Lipinski definition) is 6. The summed E-state index contributed by atoms with van der Waals surface area (Å²) in [5.74, 6) is 0.730. The summed E-state index contributed by atoms with van der Waals surface area (Å²) in [6.07, 6.45) is 6.93. The van der Waals surface area contributed by atoms with E-state index < -0.39 is 5.82 Å². The number of rotatable bonds is 6. The highest BCUT2D eigenvalue weighted by Gasteiger charge is 2.23. The maximum atomic E-state index is 14.6. The predicted octanol–water partition coefficient (Wildman–Crippen LogP) is 4.06. The molecule has 0 saturated heterocycles. The molecule has 0 bridgehead atoms. The van der Waals surface area contributed by atoms with Crippen molar-refractivity contribution in [2.45, 2.75) is 25.9 Å². The highest BCUT2D eigenvalue weighted by atomic mass is 19.1. The van der Waals surface area contributed by atoms with Crippen LogP contribution in [0, 0.1) is 5.82 Å². The molecule has 2 aliphatic rings. The first kappa shape index (κ1) is 22.2. The van der Waals surface area contributed by atoms with Crippen LogP contribution in [0.3, 0.4) is 0 Å². The van der Waals surface area contributed by atoms with Crippen LogP contribution in [-0.4, -0.2) is 34.2 Å². The average molecular weight is 485 g/mol. The Balaban J connectivity index is 1.18. The number of H-pyrrole nitrogens is 1. The van der Waals surface area contributed by atoms with Gasteiger partial charge in [-0.25, -0.2) is 9.37 Å². The molecule has 0 radical (unpaired) electrons. The Kier molecular flexibility index (Phi) is 5.82. The molecule has 4 heterocycles. The van der Waals surface area contributed by atoms with Crippen molar-refractivity contribution in [2.75, 3.05) is 23.8 Å². The van der Waals surface area contributed by atoms with E-state index in [1.54, 1.807) is 30.6 Å². The van der Waals surface area contributed by atoms with Crippen LogP contribution in [0.2, 0.25) is 0 Å². The molecule has 9 heteroatoms. The monoisotopic (exact) mass is 484 g/mol. The lowest BCUT2D eigenvalue weighted by Crippen LogP contribution is -2.24. The second-order valence-electron chi connectivity index (χ2n) is 8.95. The topological polar surface area (TPSA) is 104 Å². The van der Waals surface area contributed by atoms with Crippen molar-refractivity contribution >= 4 is 17.4 Å². The van der Waals surface area contributed by atoms with Crippen molar-refractivity contribution < 1.29 is 13.9 Å². The quantitative estimate of drug-likeness (QED) is 0.329. The van der Waals surface area contributed by atoms with Gasteiger partial charge in [0.2, 0.25) is 0 Å². The number of hydrogen-bond donors (Lipinski definition) is 4. The van der Waals surface area contributed by atoms with Crippen LogP contribution < -0.4 is 20.7 Å². The van der Waals surface area contributed by atoms with Gasteiger partial charge in [-0.3, -0.25) is 9.89 Å². The van der Waals surface area contributed by atoms with Crippen molar-refractivity contribution in [1.29, 1.82) is 0 Å². The van der Waals surface area contributed by atoms with Gasteiger partial charge < -0.3 is 20.7 Å². The van der Waals surface area contributed by atoms with Crippen molar-refractivity contribution in [3.8, 4) is 16.9 Å². The molecule has 0 unspecified atom stereocenters. The minimum Gasteiger partial charge on any atom is -0.492 e. The summed E-state index contributed by atoms with van der Waals surface area (Å²) >= 11 is 0. The average Bonchev–Trinajstić information content (AvgIpc) is 3.62. The van der Waals surface area contributed by atoms with Gasteiger partial charge in [0.1, 0.15) is 17.4 Å². The molecule has 8 nitrogen and oxygen atoms in total. The lowest BCUT2D eigenvalue weighted by molar-refractivity contribution is 0.102. The summed E-state index contributed by atoms with van der Waals surface area (Å²) < 4.78 is 20.4. The largest absolute Gasteiger partial charge is 0.492 e. The van der Waals surface area contributed by atoms with E-state index in [9.17, 15) is 9.18 Å². The zero-order valence-corrected chi connectivity index (χ0v) is 19.5. The number of benzene rings is 2. The van der Waals surface area contributed by atoms with Crippen LogP contribution in [0.5, 0.6) is 5.75 Å². The minimum atomic E-state index is -0.480. The van der Waals surface area contributed by atoms with Crippen LogP contribution in [0.25, 0.3) is 11.1 Å². The SMILES string of the molecule is O=C(Nc1cc(CNc2ncc(-c3cn[nH]c3)c3c2CCO3)ccc1F)c1ccc2c(c1)CCNC2. The van der Waals surface area contributed by atoms with Crippen molar-refractivity contribution in [2.24, 2.45) is 0 Å². The number of halogens is 1. The molecule has 4 aromatic rings. The van der Waals surface area contributed by atoms with Gasteiger partial charge in [0, 0.05) is 54.2 Å². The highest BCUT2D eigenvalue weighted by molar-refractivity contribution is 6.04. The Labute approximate surface area is 207 Å². The predicted molar refractivity (Wildman–Crippen MR) is 135 cm³/mol. The van der Waals surface area contributed by atoms with Crippen molar-refractivity contribution in [3.05, 3.63) is 88.6 Å². The number of carbonyl (C=O) groups is 1. The van der Waals surface area contributed by atoms with Crippen LogP contribution in [0.1, 0.15) is 32.6 Å². The van der Waals surface area contributed by atoms with Crippen molar-refractivity contribution in [1.82, 2.24) is 20.5 Å². The normalized spacial score (nSPS) is 14.0. The Morgan fingerprint density at radius 2 is 2.06 bits per heavy atom. The van der Waals surface area contributed by atoms with E-state index in [4.69, 9.17) is 4.74 Å². The first-order valence-corrected chi connectivity index (χ1v) is 12.0. The zero-order valence-electron chi connectivity index (χ0n) is 19.5. The van der Waals surface area contributed by atoms with Gasteiger partial charge in [0.05, 0.1) is 18.5 Å². The number of anilines is 2. The Bertz CT molecular complexity index is 1440. The molecule has 0 aliphatic carbocycles. The number of carbonyl (C=O) groups excluding carboxylic acids is 1. The number of nitrogens with zero attached hydrogens (tertiary/aromatic N) is 2. The lowest BCUT2D eigenvalue weighted by atomic mass is 9.98.